The first-order valence-corrected chi connectivity index (χ1v) is 10.1. The van der Waals surface area contributed by atoms with E-state index in [2.05, 4.69) is 35.1 Å². The third kappa shape index (κ3) is 2.86. The molecule has 6 rings (SSSR count). The predicted octanol–water partition coefficient (Wildman–Crippen LogP) is 2.61. The van der Waals surface area contributed by atoms with Crippen molar-refractivity contribution in [3.63, 3.8) is 0 Å². The second-order valence-corrected chi connectivity index (χ2v) is 8.10. The summed E-state index contributed by atoms with van der Waals surface area (Å²) in [5.41, 5.74) is 1.92. The van der Waals surface area contributed by atoms with Gasteiger partial charge in [0.2, 0.25) is 0 Å². The molecule has 2 fully saturated rings. The molecule has 1 saturated heterocycles. The average molecular weight is 421 g/mol. The van der Waals surface area contributed by atoms with Crippen molar-refractivity contribution in [3.8, 4) is 11.8 Å². The Labute approximate surface area is 176 Å². The van der Waals surface area contributed by atoms with Crippen molar-refractivity contribution in [3.05, 3.63) is 36.2 Å². The van der Waals surface area contributed by atoms with Crippen LogP contribution in [0.4, 0.5) is 15.9 Å². The number of nitrogens with zero attached hydrogens (tertiary/aromatic N) is 5. The van der Waals surface area contributed by atoms with Gasteiger partial charge in [-0.3, -0.25) is 0 Å². The molecule has 4 aromatic rings. The lowest BCUT2D eigenvalue weighted by Gasteiger charge is -2.21. The van der Waals surface area contributed by atoms with Gasteiger partial charge in [-0.1, -0.05) is 0 Å². The van der Waals surface area contributed by atoms with E-state index in [1.807, 2.05) is 0 Å². The Kier molecular flexibility index (Phi) is 3.82. The number of benzene rings is 1. The molecule has 2 aliphatic rings. The smallest absolute Gasteiger partial charge is 0.326 e. The van der Waals surface area contributed by atoms with E-state index >= 15 is 0 Å². The molecule has 4 heterocycles. The number of piperidine rings is 1. The highest BCUT2D eigenvalue weighted by Gasteiger charge is 2.55. The average Bonchev–Trinajstić information content (AvgIpc) is 3.12. The number of aliphatic hydroxyl groups is 1. The number of hydrogen-bond donors (Lipinski definition) is 3. The quantitative estimate of drug-likeness (QED) is 0.461. The van der Waals surface area contributed by atoms with Crippen molar-refractivity contribution < 1.29 is 14.2 Å². The largest absolute Gasteiger partial charge is 0.421 e. The molecule has 3 atom stereocenters. The predicted molar refractivity (Wildman–Crippen MR) is 113 cm³/mol. The number of aliphatic hydroxyl groups excluding tert-OH is 1. The Balaban J connectivity index is 1.53. The van der Waals surface area contributed by atoms with Gasteiger partial charge in [0.05, 0.1) is 35.1 Å². The van der Waals surface area contributed by atoms with Crippen LogP contribution in [-0.4, -0.2) is 56.3 Å². The number of aromatic nitrogens is 5. The molecule has 0 amide bonds. The molecule has 1 aromatic carbocycles. The zero-order chi connectivity index (χ0) is 21.3. The summed E-state index contributed by atoms with van der Waals surface area (Å²) in [6, 6.07) is 3.07. The second kappa shape index (κ2) is 6.48. The molecular formula is C21H20FN7O2. The lowest BCUT2D eigenvalue weighted by molar-refractivity contribution is 0.241. The van der Waals surface area contributed by atoms with Crippen molar-refractivity contribution >= 4 is 33.4 Å². The summed E-state index contributed by atoms with van der Waals surface area (Å²) in [5.74, 6) is 1.86. The molecule has 1 aliphatic heterocycles. The lowest BCUT2D eigenvalue weighted by Crippen LogP contribution is -2.26. The summed E-state index contributed by atoms with van der Waals surface area (Å²) in [4.78, 5) is 22.9. The summed E-state index contributed by atoms with van der Waals surface area (Å²) in [5, 5.41) is 14.4. The standard InChI is InChI=1S/C21H20FN7O2/c1-9-24-5-11(6-25-9)31-21-27-19-16(12-3-10(22)4-15(23-2)17(12)26-19)20(28-21)29-7-13-14(8-29)18(13)30/h3-6,13-14,18,23,30H,7-8H2,1-2H3,(H,26,27,28)/t13-,14+,18?. The molecule has 1 unspecified atom stereocenters. The van der Waals surface area contributed by atoms with Crippen LogP contribution in [0.15, 0.2) is 24.5 Å². The Morgan fingerprint density at radius 1 is 1.19 bits per heavy atom. The first-order chi connectivity index (χ1) is 15.0. The van der Waals surface area contributed by atoms with Gasteiger partial charge in [0.15, 0.2) is 5.75 Å². The van der Waals surface area contributed by atoms with E-state index in [4.69, 9.17) is 4.74 Å². The van der Waals surface area contributed by atoms with E-state index in [0.717, 1.165) is 10.9 Å². The Morgan fingerprint density at radius 3 is 2.65 bits per heavy atom. The fourth-order valence-electron chi connectivity index (χ4n) is 4.50. The molecule has 0 bridgehead atoms. The minimum atomic E-state index is -0.347. The van der Waals surface area contributed by atoms with Crippen molar-refractivity contribution in [2.45, 2.75) is 13.0 Å². The molecular weight excluding hydrogens is 401 g/mol. The van der Waals surface area contributed by atoms with Crippen LogP contribution in [0, 0.1) is 24.6 Å². The summed E-state index contributed by atoms with van der Waals surface area (Å²) in [6.07, 6.45) is 2.89. The summed E-state index contributed by atoms with van der Waals surface area (Å²) < 4.78 is 20.2. The number of ether oxygens (including phenoxy) is 1. The summed E-state index contributed by atoms with van der Waals surface area (Å²) in [7, 11) is 1.74. The normalized spacial score (nSPS) is 22.2. The van der Waals surface area contributed by atoms with Gasteiger partial charge in [0.25, 0.3) is 0 Å². The molecule has 158 valence electrons. The molecule has 1 saturated carbocycles. The van der Waals surface area contributed by atoms with Crippen molar-refractivity contribution in [1.82, 2.24) is 24.9 Å². The Morgan fingerprint density at radius 2 is 1.94 bits per heavy atom. The SMILES string of the molecule is CNc1cc(F)cc2c1[nH]c1nc(Oc3cnc(C)nc3)nc(N3C[C@@H]4C(O)[C@@H]4C3)c12. The highest BCUT2D eigenvalue weighted by Crippen LogP contribution is 2.48. The Bertz CT molecular complexity index is 1310. The summed E-state index contributed by atoms with van der Waals surface area (Å²) >= 11 is 0. The van der Waals surface area contributed by atoms with Gasteiger partial charge in [-0.15, -0.1) is 0 Å². The molecule has 10 heteroatoms. The number of anilines is 2. The van der Waals surface area contributed by atoms with Crippen LogP contribution in [-0.2, 0) is 0 Å². The number of nitrogens with one attached hydrogen (secondary N) is 2. The van der Waals surface area contributed by atoms with E-state index in [1.54, 1.807) is 26.4 Å². The van der Waals surface area contributed by atoms with Crippen LogP contribution < -0.4 is 15.0 Å². The molecule has 3 aromatic heterocycles. The Hall–Kier alpha value is -3.53. The molecule has 0 radical (unpaired) electrons. The van der Waals surface area contributed by atoms with Gasteiger partial charge in [0.1, 0.15) is 23.1 Å². The second-order valence-electron chi connectivity index (χ2n) is 8.10. The zero-order valence-corrected chi connectivity index (χ0v) is 16.9. The maximum Gasteiger partial charge on any atom is 0.326 e. The first-order valence-electron chi connectivity index (χ1n) is 10.1. The van der Waals surface area contributed by atoms with Crippen molar-refractivity contribution in [2.24, 2.45) is 11.8 Å². The highest BCUT2D eigenvalue weighted by molar-refractivity contribution is 6.14. The number of aryl methyl sites for hydroxylation is 1. The first kappa shape index (κ1) is 18.3. The van der Waals surface area contributed by atoms with E-state index in [-0.39, 0.29) is 29.8 Å². The van der Waals surface area contributed by atoms with Crippen LogP contribution in [0.2, 0.25) is 0 Å². The van der Waals surface area contributed by atoms with Gasteiger partial charge >= 0.3 is 6.01 Å². The molecule has 3 N–H and O–H groups in total. The number of hydrogen-bond acceptors (Lipinski definition) is 8. The molecule has 0 spiro atoms. The highest BCUT2D eigenvalue weighted by atomic mass is 19.1. The zero-order valence-electron chi connectivity index (χ0n) is 16.9. The number of H-pyrrole nitrogens is 1. The number of aromatic amines is 1. The van der Waals surface area contributed by atoms with Gasteiger partial charge in [-0.25, -0.2) is 14.4 Å². The minimum Gasteiger partial charge on any atom is -0.421 e. The van der Waals surface area contributed by atoms with Crippen molar-refractivity contribution in [1.29, 1.82) is 0 Å². The van der Waals surface area contributed by atoms with E-state index in [9.17, 15) is 9.50 Å². The fraction of sp³-hybridized carbons (Fsp3) is 0.333. The lowest BCUT2D eigenvalue weighted by atomic mass is 10.1. The van der Waals surface area contributed by atoms with Gasteiger partial charge in [0, 0.05) is 37.4 Å². The van der Waals surface area contributed by atoms with Crippen molar-refractivity contribution in [2.75, 3.05) is 30.4 Å². The maximum absolute atomic E-state index is 14.3. The number of fused-ring (bicyclic) bond motifs is 4. The van der Waals surface area contributed by atoms with Gasteiger partial charge in [-0.05, 0) is 19.1 Å². The topological polar surface area (TPSA) is 112 Å². The van der Waals surface area contributed by atoms with E-state index in [1.165, 1.54) is 12.1 Å². The van der Waals surface area contributed by atoms with Crippen LogP contribution in [0.3, 0.4) is 0 Å². The van der Waals surface area contributed by atoms with Gasteiger partial charge in [-0.2, -0.15) is 9.97 Å². The van der Waals surface area contributed by atoms with Crippen LogP contribution in [0.5, 0.6) is 11.8 Å². The third-order valence-corrected chi connectivity index (χ3v) is 6.17. The fourth-order valence-corrected chi connectivity index (χ4v) is 4.50. The minimum absolute atomic E-state index is 0.147. The van der Waals surface area contributed by atoms with Crippen LogP contribution >= 0.6 is 0 Å². The number of halogens is 1. The molecule has 1 aliphatic carbocycles. The molecule has 31 heavy (non-hydrogen) atoms. The van der Waals surface area contributed by atoms with E-state index < -0.39 is 0 Å². The third-order valence-electron chi connectivity index (χ3n) is 6.17. The maximum atomic E-state index is 14.3. The van der Waals surface area contributed by atoms with Gasteiger partial charge < -0.3 is 25.0 Å². The number of rotatable bonds is 4. The summed E-state index contributed by atoms with van der Waals surface area (Å²) in [6.45, 7) is 3.17. The van der Waals surface area contributed by atoms with E-state index in [0.29, 0.717) is 47.2 Å². The van der Waals surface area contributed by atoms with Crippen LogP contribution in [0.25, 0.3) is 21.9 Å². The molecule has 9 nitrogen and oxygen atoms in total. The van der Waals surface area contributed by atoms with Crippen LogP contribution in [0.1, 0.15) is 5.82 Å². The monoisotopic (exact) mass is 421 g/mol.